The summed E-state index contributed by atoms with van der Waals surface area (Å²) in [5.41, 5.74) is 2.93. The molecule has 0 spiro atoms. The average Bonchev–Trinajstić information content (AvgIpc) is 2.74. The van der Waals surface area contributed by atoms with Gasteiger partial charge in [0.1, 0.15) is 0 Å². The average molecular weight is 347 g/mol. The maximum absolute atomic E-state index is 12.5. The summed E-state index contributed by atoms with van der Waals surface area (Å²) < 4.78 is 0. The van der Waals surface area contributed by atoms with Gasteiger partial charge < -0.3 is 10.2 Å². The van der Waals surface area contributed by atoms with Crippen molar-refractivity contribution in [2.24, 2.45) is 0 Å². The Morgan fingerprint density at radius 3 is 3.00 bits per heavy atom. The fraction of sp³-hybridized carbons (Fsp3) is 0.278. The summed E-state index contributed by atoms with van der Waals surface area (Å²) in [7, 11) is 0. The van der Waals surface area contributed by atoms with Crippen molar-refractivity contribution in [1.29, 1.82) is 0 Å². The number of thioether (sulfide) groups is 1. The summed E-state index contributed by atoms with van der Waals surface area (Å²) in [4.78, 5) is 15.9. The first-order valence-electron chi connectivity index (χ1n) is 7.66. The van der Waals surface area contributed by atoms with Crippen LogP contribution in [-0.4, -0.2) is 24.7 Å². The number of carbonyl (C=O) groups excluding carboxylic acids is 1. The molecular formula is C18H19ClN2OS. The third kappa shape index (κ3) is 4.01. The molecule has 1 heterocycles. The largest absolute Gasteiger partial charge is 0.361 e. The quantitative estimate of drug-likeness (QED) is 0.882. The molecule has 0 aromatic heterocycles. The molecule has 1 aliphatic heterocycles. The minimum atomic E-state index is -0.0166. The van der Waals surface area contributed by atoms with Gasteiger partial charge in [-0.25, -0.2) is 0 Å². The zero-order valence-corrected chi connectivity index (χ0v) is 14.6. The number of hydrogen-bond acceptors (Lipinski definition) is 3. The molecule has 0 aliphatic carbocycles. The van der Waals surface area contributed by atoms with Crippen molar-refractivity contribution in [2.75, 3.05) is 29.1 Å². The third-order valence-corrected chi connectivity index (χ3v) is 5.23. The van der Waals surface area contributed by atoms with Gasteiger partial charge >= 0.3 is 0 Å². The molecule has 0 radical (unpaired) electrons. The van der Waals surface area contributed by atoms with Crippen LogP contribution in [0.25, 0.3) is 0 Å². The van der Waals surface area contributed by atoms with Crippen LogP contribution in [0, 0.1) is 6.92 Å². The summed E-state index contributed by atoms with van der Waals surface area (Å²) in [5, 5.41) is 3.60. The lowest BCUT2D eigenvalue weighted by atomic mass is 10.2. The van der Waals surface area contributed by atoms with Crippen LogP contribution in [0.15, 0.2) is 47.4 Å². The Hall–Kier alpha value is -1.65. The summed E-state index contributed by atoms with van der Waals surface area (Å²) in [6.45, 7) is 3.21. The molecule has 1 amide bonds. The topological polar surface area (TPSA) is 32.3 Å². The smallest absolute Gasteiger partial charge is 0.243 e. The van der Waals surface area contributed by atoms with Gasteiger partial charge in [0.05, 0.1) is 12.2 Å². The van der Waals surface area contributed by atoms with Crippen LogP contribution in [0.1, 0.15) is 12.0 Å². The van der Waals surface area contributed by atoms with Gasteiger partial charge in [0.25, 0.3) is 0 Å². The van der Waals surface area contributed by atoms with Crippen molar-refractivity contribution in [1.82, 2.24) is 0 Å². The first-order valence-corrected chi connectivity index (χ1v) is 9.02. The Morgan fingerprint density at radius 2 is 2.13 bits per heavy atom. The maximum Gasteiger partial charge on any atom is 0.243 e. The second-order valence-electron chi connectivity index (χ2n) is 5.60. The van der Waals surface area contributed by atoms with E-state index in [0.29, 0.717) is 11.6 Å². The van der Waals surface area contributed by atoms with Crippen LogP contribution in [0.2, 0.25) is 5.02 Å². The Labute approximate surface area is 146 Å². The fourth-order valence-electron chi connectivity index (χ4n) is 2.65. The highest BCUT2D eigenvalue weighted by molar-refractivity contribution is 7.99. The van der Waals surface area contributed by atoms with Gasteiger partial charge in [-0.05, 0) is 48.9 Å². The number of aryl methyl sites for hydroxylation is 1. The second kappa shape index (κ2) is 7.28. The standard InChI is InChI=1S/C18H19ClN2OS/c1-13-7-8-14(19)11-15(13)20-18(22)12-21-9-4-10-23-17-6-3-2-5-16(17)21/h2-3,5-8,11H,4,9-10,12H2,1H3,(H,20,22). The number of fused-ring (bicyclic) bond motifs is 1. The Morgan fingerprint density at radius 1 is 1.30 bits per heavy atom. The highest BCUT2D eigenvalue weighted by Gasteiger charge is 2.18. The monoisotopic (exact) mass is 346 g/mol. The van der Waals surface area contributed by atoms with Crippen LogP contribution in [0.5, 0.6) is 0 Å². The number of amides is 1. The highest BCUT2D eigenvalue weighted by Crippen LogP contribution is 2.33. The number of para-hydroxylation sites is 1. The Bertz CT molecular complexity index is 720. The molecule has 0 atom stereocenters. The van der Waals surface area contributed by atoms with E-state index in [1.54, 1.807) is 6.07 Å². The van der Waals surface area contributed by atoms with E-state index in [4.69, 9.17) is 11.6 Å². The third-order valence-electron chi connectivity index (χ3n) is 3.84. The molecule has 1 aliphatic rings. The summed E-state index contributed by atoms with van der Waals surface area (Å²) in [5.74, 6) is 1.07. The van der Waals surface area contributed by atoms with Crippen molar-refractivity contribution in [3.8, 4) is 0 Å². The lowest BCUT2D eigenvalue weighted by Crippen LogP contribution is -2.34. The molecule has 23 heavy (non-hydrogen) atoms. The summed E-state index contributed by atoms with van der Waals surface area (Å²) in [6.07, 6.45) is 1.07. The van der Waals surface area contributed by atoms with Crippen LogP contribution in [0.3, 0.4) is 0 Å². The minimum Gasteiger partial charge on any atom is -0.361 e. The molecule has 5 heteroatoms. The molecule has 1 N–H and O–H groups in total. The van der Waals surface area contributed by atoms with Gasteiger partial charge in [0, 0.05) is 22.2 Å². The van der Waals surface area contributed by atoms with Crippen LogP contribution < -0.4 is 10.2 Å². The molecule has 0 saturated carbocycles. The molecule has 3 nitrogen and oxygen atoms in total. The van der Waals surface area contributed by atoms with E-state index in [1.165, 1.54) is 4.90 Å². The van der Waals surface area contributed by atoms with Gasteiger partial charge in [0.15, 0.2) is 0 Å². The zero-order chi connectivity index (χ0) is 16.2. The van der Waals surface area contributed by atoms with Crippen molar-refractivity contribution in [3.05, 3.63) is 53.1 Å². The van der Waals surface area contributed by atoms with E-state index in [-0.39, 0.29) is 5.91 Å². The van der Waals surface area contributed by atoms with E-state index in [2.05, 4.69) is 22.3 Å². The van der Waals surface area contributed by atoms with Gasteiger partial charge in [-0.2, -0.15) is 0 Å². The normalized spacial score (nSPS) is 14.1. The lowest BCUT2D eigenvalue weighted by molar-refractivity contribution is -0.115. The SMILES string of the molecule is Cc1ccc(Cl)cc1NC(=O)CN1CCCSc2ccccc21. The molecule has 0 unspecified atom stereocenters. The predicted molar refractivity (Wildman–Crippen MR) is 98.8 cm³/mol. The van der Waals surface area contributed by atoms with Gasteiger partial charge in [-0.15, -0.1) is 11.8 Å². The molecule has 0 bridgehead atoms. The minimum absolute atomic E-state index is 0.0166. The van der Waals surface area contributed by atoms with Gasteiger partial charge in [-0.3, -0.25) is 4.79 Å². The molecule has 0 fully saturated rings. The predicted octanol–water partition coefficient (Wildman–Crippen LogP) is 4.59. The van der Waals surface area contributed by atoms with Crippen molar-refractivity contribution < 1.29 is 4.79 Å². The number of nitrogens with zero attached hydrogens (tertiary/aromatic N) is 1. The number of nitrogens with one attached hydrogen (secondary N) is 1. The zero-order valence-electron chi connectivity index (χ0n) is 13.0. The molecule has 3 rings (SSSR count). The van der Waals surface area contributed by atoms with Crippen LogP contribution in [-0.2, 0) is 4.79 Å². The number of halogens is 1. The van der Waals surface area contributed by atoms with E-state index >= 15 is 0 Å². The first-order chi connectivity index (χ1) is 11.1. The number of benzene rings is 2. The summed E-state index contributed by atoms with van der Waals surface area (Å²) >= 11 is 7.87. The maximum atomic E-state index is 12.5. The van der Waals surface area contributed by atoms with E-state index in [9.17, 15) is 4.79 Å². The van der Waals surface area contributed by atoms with Crippen LogP contribution in [0.4, 0.5) is 11.4 Å². The van der Waals surface area contributed by atoms with Crippen LogP contribution >= 0.6 is 23.4 Å². The summed E-state index contributed by atoms with van der Waals surface area (Å²) in [6, 6.07) is 13.8. The van der Waals surface area contributed by atoms with Crippen molar-refractivity contribution >= 4 is 40.6 Å². The molecule has 120 valence electrons. The molecule has 2 aromatic carbocycles. The first kappa shape index (κ1) is 16.2. The lowest BCUT2D eigenvalue weighted by Gasteiger charge is -2.24. The van der Waals surface area contributed by atoms with E-state index in [0.717, 1.165) is 35.7 Å². The molecule has 0 saturated heterocycles. The van der Waals surface area contributed by atoms with E-state index in [1.807, 2.05) is 43.0 Å². The van der Waals surface area contributed by atoms with Gasteiger partial charge in [0.2, 0.25) is 5.91 Å². The van der Waals surface area contributed by atoms with E-state index < -0.39 is 0 Å². The molecular weight excluding hydrogens is 328 g/mol. The fourth-order valence-corrected chi connectivity index (χ4v) is 3.84. The number of carbonyl (C=O) groups is 1. The number of hydrogen-bond donors (Lipinski definition) is 1. The van der Waals surface area contributed by atoms with Gasteiger partial charge in [-0.1, -0.05) is 29.8 Å². The Kier molecular flexibility index (Phi) is 5.13. The van der Waals surface area contributed by atoms with Crippen molar-refractivity contribution in [2.45, 2.75) is 18.2 Å². The van der Waals surface area contributed by atoms with Crippen molar-refractivity contribution in [3.63, 3.8) is 0 Å². The number of anilines is 2. The second-order valence-corrected chi connectivity index (χ2v) is 7.17. The highest BCUT2D eigenvalue weighted by atomic mass is 35.5. The number of rotatable bonds is 3. The Balaban J connectivity index is 1.74. The molecule has 2 aromatic rings.